The molecule has 0 saturated heterocycles. The molecule has 0 aliphatic heterocycles. The number of rotatable bonds is 7. The van der Waals surface area contributed by atoms with Crippen LogP contribution in [0.4, 0.5) is 13.2 Å². The third-order valence-electron chi connectivity index (χ3n) is 7.70. The molecule has 0 N–H and O–H groups in total. The highest BCUT2D eigenvalue weighted by atomic mass is 19.2. The van der Waals surface area contributed by atoms with E-state index >= 15 is 4.39 Å². The average Bonchev–Trinajstić information content (AvgIpc) is 2.82. The van der Waals surface area contributed by atoms with Crippen LogP contribution in [-0.4, -0.2) is 12.7 Å². The number of allylic oxidation sites excluding steroid dienone is 2. The second kappa shape index (κ2) is 10.9. The summed E-state index contributed by atoms with van der Waals surface area (Å²) in [5.74, 6) is -0.539. The molecule has 4 heteroatoms. The monoisotopic (exact) mass is 456 g/mol. The molecule has 1 nitrogen and oxygen atoms in total. The molecule has 4 atom stereocenters. The highest BCUT2D eigenvalue weighted by molar-refractivity contribution is 5.65. The van der Waals surface area contributed by atoms with Gasteiger partial charge in [0, 0.05) is 12.2 Å². The fourth-order valence-corrected chi connectivity index (χ4v) is 5.95. The van der Waals surface area contributed by atoms with E-state index in [0.717, 1.165) is 45.1 Å². The van der Waals surface area contributed by atoms with Gasteiger partial charge in [0.2, 0.25) is 0 Å². The Hall–Kier alpha value is -2.07. The first-order chi connectivity index (χ1) is 16.0. The van der Waals surface area contributed by atoms with Gasteiger partial charge in [0.25, 0.3) is 0 Å². The van der Waals surface area contributed by atoms with Gasteiger partial charge >= 0.3 is 0 Å². The molecule has 0 spiro atoms. The molecule has 0 bridgehead atoms. The highest BCUT2D eigenvalue weighted by Crippen LogP contribution is 2.47. The van der Waals surface area contributed by atoms with Crippen molar-refractivity contribution in [3.63, 3.8) is 0 Å². The fourth-order valence-electron chi connectivity index (χ4n) is 5.95. The Balaban J connectivity index is 1.47. The molecular weight excluding hydrogens is 421 g/mol. The Bertz CT molecular complexity index is 983. The van der Waals surface area contributed by atoms with E-state index in [9.17, 15) is 8.78 Å². The lowest BCUT2D eigenvalue weighted by molar-refractivity contribution is -0.00968. The SMILES string of the molecule is C/C=C/CCc1ccc(-c2ccc(C3CCC4CC(OCC)CCC4C3)c(F)c2)c(F)c1F. The van der Waals surface area contributed by atoms with E-state index in [1.54, 1.807) is 24.3 Å². The van der Waals surface area contributed by atoms with E-state index in [-0.39, 0.29) is 17.3 Å². The number of ether oxygens (including phenoxy) is 1. The van der Waals surface area contributed by atoms with Gasteiger partial charge in [-0.25, -0.2) is 13.2 Å². The Morgan fingerprint density at radius 3 is 2.48 bits per heavy atom. The molecule has 33 heavy (non-hydrogen) atoms. The standard InChI is InChI=1S/C29H35F3O/c1-3-5-6-7-19-11-15-26(29(32)28(19)31)23-12-14-25(27(30)18-23)22-9-8-21-17-24(33-4-2)13-10-20(21)16-22/h3,5,11-12,14-15,18,20-22,24H,4,6-10,13,16-17H2,1-2H3/b5-3+. The Morgan fingerprint density at radius 1 is 0.939 bits per heavy atom. The smallest absolute Gasteiger partial charge is 0.166 e. The lowest BCUT2D eigenvalue weighted by Crippen LogP contribution is -2.33. The van der Waals surface area contributed by atoms with Crippen LogP contribution in [0.1, 0.15) is 75.8 Å². The quantitative estimate of drug-likeness (QED) is 0.380. The maximum atomic E-state index is 15.2. The molecule has 0 aromatic heterocycles. The molecule has 0 radical (unpaired) electrons. The van der Waals surface area contributed by atoms with Crippen LogP contribution in [0.5, 0.6) is 0 Å². The molecule has 4 rings (SSSR count). The Morgan fingerprint density at radius 2 is 1.73 bits per heavy atom. The number of benzene rings is 2. The van der Waals surface area contributed by atoms with Gasteiger partial charge in [0.05, 0.1) is 6.10 Å². The van der Waals surface area contributed by atoms with Crippen molar-refractivity contribution in [3.05, 3.63) is 71.1 Å². The van der Waals surface area contributed by atoms with Crippen LogP contribution in [0, 0.1) is 29.3 Å². The van der Waals surface area contributed by atoms with Crippen LogP contribution >= 0.6 is 0 Å². The van der Waals surface area contributed by atoms with Gasteiger partial charge < -0.3 is 4.74 Å². The van der Waals surface area contributed by atoms with Crippen molar-refractivity contribution < 1.29 is 17.9 Å². The van der Waals surface area contributed by atoms with Gasteiger partial charge in [-0.1, -0.05) is 36.4 Å². The summed E-state index contributed by atoms with van der Waals surface area (Å²) in [5, 5.41) is 0. The minimum Gasteiger partial charge on any atom is -0.378 e. The van der Waals surface area contributed by atoms with E-state index in [0.29, 0.717) is 47.5 Å². The third kappa shape index (κ3) is 5.37. The summed E-state index contributed by atoms with van der Waals surface area (Å²) in [5.41, 5.74) is 1.57. The summed E-state index contributed by atoms with van der Waals surface area (Å²) in [6.07, 6.45) is 11.8. The second-order valence-corrected chi connectivity index (χ2v) is 9.66. The highest BCUT2D eigenvalue weighted by Gasteiger charge is 2.37. The lowest BCUT2D eigenvalue weighted by atomic mass is 9.65. The number of aryl methyl sites for hydroxylation is 1. The van der Waals surface area contributed by atoms with Crippen molar-refractivity contribution in [1.29, 1.82) is 0 Å². The fraction of sp³-hybridized carbons (Fsp3) is 0.517. The molecule has 2 aromatic rings. The number of hydrogen-bond acceptors (Lipinski definition) is 1. The minimum absolute atomic E-state index is 0.116. The lowest BCUT2D eigenvalue weighted by Gasteiger charge is -2.42. The Kier molecular flexibility index (Phi) is 7.95. The van der Waals surface area contributed by atoms with Crippen molar-refractivity contribution in [3.8, 4) is 11.1 Å². The summed E-state index contributed by atoms with van der Waals surface area (Å²) in [7, 11) is 0. The average molecular weight is 457 g/mol. The first-order valence-corrected chi connectivity index (χ1v) is 12.5. The van der Waals surface area contributed by atoms with Gasteiger partial charge in [-0.05, 0) is 106 Å². The zero-order valence-electron chi connectivity index (χ0n) is 19.8. The van der Waals surface area contributed by atoms with Crippen LogP contribution in [-0.2, 0) is 11.2 Å². The number of fused-ring (bicyclic) bond motifs is 1. The summed E-state index contributed by atoms with van der Waals surface area (Å²) < 4.78 is 50.4. The van der Waals surface area contributed by atoms with Gasteiger partial charge in [-0.15, -0.1) is 0 Å². The van der Waals surface area contributed by atoms with Crippen molar-refractivity contribution in [2.75, 3.05) is 6.61 Å². The molecular formula is C29H35F3O. The predicted molar refractivity (Wildman–Crippen MR) is 128 cm³/mol. The Labute approximate surface area is 196 Å². The second-order valence-electron chi connectivity index (χ2n) is 9.66. The van der Waals surface area contributed by atoms with E-state index in [1.165, 1.54) is 6.07 Å². The first-order valence-electron chi connectivity index (χ1n) is 12.5. The van der Waals surface area contributed by atoms with Crippen LogP contribution in [0.15, 0.2) is 42.5 Å². The van der Waals surface area contributed by atoms with E-state index in [2.05, 4.69) is 6.92 Å². The van der Waals surface area contributed by atoms with Crippen LogP contribution < -0.4 is 0 Å². The van der Waals surface area contributed by atoms with Gasteiger partial charge in [-0.3, -0.25) is 0 Å². The van der Waals surface area contributed by atoms with Gasteiger partial charge in [0.15, 0.2) is 11.6 Å². The molecule has 178 valence electrons. The predicted octanol–water partition coefficient (Wildman–Crippen LogP) is 8.37. The minimum atomic E-state index is -0.897. The van der Waals surface area contributed by atoms with Crippen molar-refractivity contribution >= 4 is 0 Å². The van der Waals surface area contributed by atoms with E-state index < -0.39 is 11.6 Å². The maximum Gasteiger partial charge on any atom is 0.166 e. The molecule has 0 heterocycles. The summed E-state index contributed by atoms with van der Waals surface area (Å²) >= 11 is 0. The first kappa shape index (κ1) is 24.1. The largest absolute Gasteiger partial charge is 0.378 e. The maximum absolute atomic E-state index is 15.2. The van der Waals surface area contributed by atoms with Crippen LogP contribution in [0.25, 0.3) is 11.1 Å². The summed E-state index contributed by atoms with van der Waals surface area (Å²) in [4.78, 5) is 0. The molecule has 2 aliphatic carbocycles. The summed E-state index contributed by atoms with van der Waals surface area (Å²) in [6, 6.07) is 8.10. The van der Waals surface area contributed by atoms with Crippen molar-refractivity contribution in [2.45, 2.75) is 77.2 Å². The molecule has 2 aromatic carbocycles. The molecule has 2 saturated carbocycles. The molecule has 2 fully saturated rings. The number of hydrogen-bond donors (Lipinski definition) is 0. The molecule has 2 aliphatic rings. The number of halogens is 3. The van der Waals surface area contributed by atoms with E-state index in [1.807, 2.05) is 19.1 Å². The zero-order chi connectivity index (χ0) is 23.4. The molecule has 4 unspecified atom stereocenters. The van der Waals surface area contributed by atoms with E-state index in [4.69, 9.17) is 4.74 Å². The summed E-state index contributed by atoms with van der Waals surface area (Å²) in [6.45, 7) is 4.72. The normalized spacial score (nSPS) is 25.4. The zero-order valence-corrected chi connectivity index (χ0v) is 19.8. The van der Waals surface area contributed by atoms with Crippen LogP contribution in [0.3, 0.4) is 0 Å². The van der Waals surface area contributed by atoms with Gasteiger partial charge in [-0.2, -0.15) is 0 Å². The molecule has 0 amide bonds. The van der Waals surface area contributed by atoms with Crippen molar-refractivity contribution in [2.24, 2.45) is 11.8 Å². The third-order valence-corrected chi connectivity index (χ3v) is 7.70. The van der Waals surface area contributed by atoms with Gasteiger partial charge in [0.1, 0.15) is 5.82 Å². The van der Waals surface area contributed by atoms with Crippen LogP contribution in [0.2, 0.25) is 0 Å². The van der Waals surface area contributed by atoms with Crippen molar-refractivity contribution in [1.82, 2.24) is 0 Å². The topological polar surface area (TPSA) is 9.23 Å².